The molecule has 1 aliphatic rings. The lowest BCUT2D eigenvalue weighted by molar-refractivity contribution is -0.127. The molecule has 0 bridgehead atoms. The zero-order valence-corrected chi connectivity index (χ0v) is 13.9. The lowest BCUT2D eigenvalue weighted by atomic mass is 10.1. The number of piperazine rings is 1. The first-order valence-electron chi connectivity index (χ1n) is 7.57. The van der Waals surface area contributed by atoms with Crippen molar-refractivity contribution in [3.63, 3.8) is 0 Å². The molecular weight excluding hydrogens is 312 g/mol. The van der Waals surface area contributed by atoms with Crippen LogP contribution in [0.4, 0.5) is 0 Å². The number of carbonyl (C=O) groups excluding carboxylic acids is 2. The normalized spacial score (nSPS) is 17.9. The second-order valence-corrected chi connectivity index (χ2v) is 6.39. The van der Waals surface area contributed by atoms with Crippen LogP contribution in [0.1, 0.15) is 39.6 Å². The molecule has 23 heavy (non-hydrogen) atoms. The van der Waals surface area contributed by atoms with Gasteiger partial charge in [0.25, 0.3) is 5.91 Å². The number of nitrogens with zero attached hydrogens (tertiary/aromatic N) is 3. The number of thiophene rings is 1. The zero-order chi connectivity index (χ0) is 16.4. The molecule has 1 saturated heterocycles. The van der Waals surface area contributed by atoms with Crippen LogP contribution in [0.25, 0.3) is 0 Å². The van der Waals surface area contributed by atoms with Gasteiger partial charge in [0.05, 0.1) is 17.0 Å². The molecule has 0 radical (unpaired) electrons. The van der Waals surface area contributed by atoms with Crippen molar-refractivity contribution in [2.75, 3.05) is 13.1 Å². The van der Waals surface area contributed by atoms with Crippen LogP contribution < -0.4 is 5.32 Å². The number of amides is 2. The van der Waals surface area contributed by atoms with E-state index >= 15 is 0 Å². The zero-order valence-electron chi connectivity index (χ0n) is 13.1. The van der Waals surface area contributed by atoms with E-state index in [9.17, 15) is 9.59 Å². The van der Waals surface area contributed by atoms with E-state index in [0.29, 0.717) is 36.5 Å². The smallest absolute Gasteiger partial charge is 0.256 e. The van der Waals surface area contributed by atoms with Crippen LogP contribution >= 0.6 is 11.3 Å². The summed E-state index contributed by atoms with van der Waals surface area (Å²) < 4.78 is 0. The Hall–Kier alpha value is -2.28. The lowest BCUT2D eigenvalue weighted by Crippen LogP contribution is -2.52. The van der Waals surface area contributed by atoms with Gasteiger partial charge in [0, 0.05) is 18.0 Å². The van der Waals surface area contributed by atoms with Gasteiger partial charge >= 0.3 is 0 Å². The van der Waals surface area contributed by atoms with Crippen LogP contribution in [0.5, 0.6) is 0 Å². The second-order valence-electron chi connectivity index (χ2n) is 5.41. The molecule has 3 heterocycles. The van der Waals surface area contributed by atoms with E-state index in [1.807, 2.05) is 31.4 Å². The van der Waals surface area contributed by atoms with Crippen molar-refractivity contribution in [3.8, 4) is 0 Å². The standard InChI is InChI=1S/C16H18N4O2S/c1-3-12-11(9-10(2)18-19-12)16(22)20-7-6-17-15(21)14(20)13-5-4-8-23-13/h4-5,8-9,14H,3,6-7H2,1-2H3,(H,17,21). The molecule has 1 aliphatic heterocycles. The molecule has 2 amide bonds. The predicted molar refractivity (Wildman–Crippen MR) is 87.3 cm³/mol. The molecule has 1 unspecified atom stereocenters. The number of hydrogen-bond donors (Lipinski definition) is 1. The largest absolute Gasteiger partial charge is 0.352 e. The number of aromatic nitrogens is 2. The minimum absolute atomic E-state index is 0.135. The van der Waals surface area contributed by atoms with E-state index in [4.69, 9.17) is 0 Å². The number of aryl methyl sites for hydroxylation is 2. The monoisotopic (exact) mass is 330 g/mol. The highest BCUT2D eigenvalue weighted by Crippen LogP contribution is 2.29. The molecule has 120 valence electrons. The third kappa shape index (κ3) is 2.96. The Morgan fingerprint density at radius 1 is 1.48 bits per heavy atom. The van der Waals surface area contributed by atoms with Crippen LogP contribution in [0, 0.1) is 6.92 Å². The van der Waals surface area contributed by atoms with Gasteiger partial charge < -0.3 is 10.2 Å². The number of nitrogens with one attached hydrogen (secondary N) is 1. The van der Waals surface area contributed by atoms with E-state index in [-0.39, 0.29) is 11.8 Å². The van der Waals surface area contributed by atoms with Gasteiger partial charge in [-0.15, -0.1) is 11.3 Å². The third-order valence-corrected chi connectivity index (χ3v) is 4.77. The Morgan fingerprint density at radius 2 is 2.30 bits per heavy atom. The SMILES string of the molecule is CCc1nnc(C)cc1C(=O)N1CCNC(=O)C1c1cccs1. The highest BCUT2D eigenvalue weighted by atomic mass is 32.1. The summed E-state index contributed by atoms with van der Waals surface area (Å²) in [6, 6.07) is 4.96. The van der Waals surface area contributed by atoms with E-state index in [2.05, 4.69) is 15.5 Å². The van der Waals surface area contributed by atoms with E-state index < -0.39 is 6.04 Å². The fourth-order valence-corrected chi connectivity index (χ4v) is 3.57. The average Bonchev–Trinajstić information content (AvgIpc) is 3.08. The molecular formula is C16H18N4O2S. The van der Waals surface area contributed by atoms with Gasteiger partial charge in [0.1, 0.15) is 6.04 Å². The third-order valence-electron chi connectivity index (χ3n) is 3.84. The van der Waals surface area contributed by atoms with Crippen LogP contribution in [-0.4, -0.2) is 40.0 Å². The fraction of sp³-hybridized carbons (Fsp3) is 0.375. The minimum atomic E-state index is -0.575. The molecule has 6 nitrogen and oxygen atoms in total. The Bertz CT molecular complexity index is 730. The maximum Gasteiger partial charge on any atom is 0.256 e. The quantitative estimate of drug-likeness (QED) is 0.930. The van der Waals surface area contributed by atoms with Gasteiger partial charge in [0.2, 0.25) is 5.91 Å². The molecule has 2 aromatic rings. The van der Waals surface area contributed by atoms with Gasteiger partial charge in [-0.3, -0.25) is 9.59 Å². The molecule has 0 saturated carbocycles. The van der Waals surface area contributed by atoms with E-state index in [1.165, 1.54) is 11.3 Å². The lowest BCUT2D eigenvalue weighted by Gasteiger charge is -2.34. The van der Waals surface area contributed by atoms with Crippen molar-refractivity contribution in [1.82, 2.24) is 20.4 Å². The first kappa shape index (κ1) is 15.6. The summed E-state index contributed by atoms with van der Waals surface area (Å²) in [7, 11) is 0. The first-order chi connectivity index (χ1) is 11.1. The van der Waals surface area contributed by atoms with Crippen molar-refractivity contribution in [1.29, 1.82) is 0 Å². The number of rotatable bonds is 3. The molecule has 0 aliphatic carbocycles. The maximum absolute atomic E-state index is 13.1. The van der Waals surface area contributed by atoms with Gasteiger partial charge in [-0.05, 0) is 30.9 Å². The van der Waals surface area contributed by atoms with Crippen LogP contribution in [0.3, 0.4) is 0 Å². The van der Waals surface area contributed by atoms with Crippen molar-refractivity contribution >= 4 is 23.2 Å². The molecule has 1 fully saturated rings. The van der Waals surface area contributed by atoms with Gasteiger partial charge in [0.15, 0.2) is 0 Å². The summed E-state index contributed by atoms with van der Waals surface area (Å²) in [4.78, 5) is 27.9. The van der Waals surface area contributed by atoms with E-state index in [1.54, 1.807) is 11.0 Å². The van der Waals surface area contributed by atoms with Crippen LogP contribution in [0.2, 0.25) is 0 Å². The molecule has 1 N–H and O–H groups in total. The molecule has 2 aromatic heterocycles. The second kappa shape index (κ2) is 6.45. The Morgan fingerprint density at radius 3 is 3.00 bits per heavy atom. The summed E-state index contributed by atoms with van der Waals surface area (Å²) >= 11 is 1.48. The van der Waals surface area contributed by atoms with Crippen molar-refractivity contribution < 1.29 is 9.59 Å². The first-order valence-corrected chi connectivity index (χ1v) is 8.45. The molecule has 0 aromatic carbocycles. The average molecular weight is 330 g/mol. The Balaban J connectivity index is 2.00. The summed E-state index contributed by atoms with van der Waals surface area (Å²) in [5, 5.41) is 12.9. The molecule has 1 atom stereocenters. The summed E-state index contributed by atoms with van der Waals surface area (Å²) in [6.07, 6.45) is 0.623. The molecule has 7 heteroatoms. The summed E-state index contributed by atoms with van der Waals surface area (Å²) in [5.41, 5.74) is 1.90. The minimum Gasteiger partial charge on any atom is -0.352 e. The Labute approximate surface area is 138 Å². The topological polar surface area (TPSA) is 75.2 Å². The van der Waals surface area contributed by atoms with Crippen molar-refractivity contribution in [2.45, 2.75) is 26.3 Å². The molecule has 0 spiro atoms. The highest BCUT2D eigenvalue weighted by molar-refractivity contribution is 7.10. The predicted octanol–water partition coefficient (Wildman–Crippen LogP) is 1.72. The van der Waals surface area contributed by atoms with Crippen molar-refractivity contribution in [3.05, 3.63) is 45.4 Å². The number of hydrogen-bond acceptors (Lipinski definition) is 5. The maximum atomic E-state index is 13.1. The van der Waals surface area contributed by atoms with Gasteiger partial charge in [-0.1, -0.05) is 13.0 Å². The number of carbonyl (C=O) groups is 2. The van der Waals surface area contributed by atoms with Gasteiger partial charge in [-0.25, -0.2) is 0 Å². The van der Waals surface area contributed by atoms with Crippen molar-refractivity contribution in [2.24, 2.45) is 0 Å². The summed E-state index contributed by atoms with van der Waals surface area (Å²) in [6.45, 7) is 4.70. The van der Waals surface area contributed by atoms with Crippen LogP contribution in [0.15, 0.2) is 23.6 Å². The van der Waals surface area contributed by atoms with Gasteiger partial charge in [-0.2, -0.15) is 10.2 Å². The van der Waals surface area contributed by atoms with E-state index in [0.717, 1.165) is 4.88 Å². The molecule has 3 rings (SSSR count). The fourth-order valence-electron chi connectivity index (χ4n) is 2.73. The highest BCUT2D eigenvalue weighted by Gasteiger charge is 2.36. The van der Waals surface area contributed by atoms with Crippen LogP contribution in [-0.2, 0) is 11.2 Å². The summed E-state index contributed by atoms with van der Waals surface area (Å²) in [5.74, 6) is -0.295. The Kier molecular flexibility index (Phi) is 4.38.